The summed E-state index contributed by atoms with van der Waals surface area (Å²) in [5.41, 5.74) is -4.50. The van der Waals surface area contributed by atoms with Crippen LogP contribution < -0.4 is 0 Å². The quantitative estimate of drug-likeness (QED) is 0.359. The zero-order chi connectivity index (χ0) is 13.0. The lowest BCUT2D eigenvalue weighted by Crippen LogP contribution is -2.55. The minimum Gasteiger partial charge on any atom is -0.364 e. The van der Waals surface area contributed by atoms with Crippen LogP contribution in [0.3, 0.4) is 0 Å². The number of halogens is 6. The number of hydrogen-bond donors (Lipinski definition) is 1. The predicted octanol–water partition coefficient (Wildman–Crippen LogP) is 3.31. The van der Waals surface area contributed by atoms with Crippen molar-refractivity contribution in [2.45, 2.75) is 43.3 Å². The normalized spacial score (nSPS) is 16.2. The molecule has 0 saturated carbocycles. The molecule has 0 aliphatic carbocycles. The van der Waals surface area contributed by atoms with E-state index in [1.165, 1.54) is 0 Å². The second kappa shape index (κ2) is 5.19. The Kier molecular flexibility index (Phi) is 5.02. The van der Waals surface area contributed by atoms with Crippen LogP contribution in [0.2, 0.25) is 0 Å². The van der Waals surface area contributed by atoms with Crippen LogP contribution in [0.5, 0.6) is 0 Å². The smallest absolute Gasteiger partial charge is 0.364 e. The van der Waals surface area contributed by atoms with E-state index >= 15 is 0 Å². The third-order valence-corrected chi connectivity index (χ3v) is 2.02. The van der Waals surface area contributed by atoms with Crippen LogP contribution in [-0.2, 0) is 0 Å². The van der Waals surface area contributed by atoms with Crippen LogP contribution in [0.15, 0.2) is 0 Å². The van der Waals surface area contributed by atoms with Crippen LogP contribution in [0.1, 0.15) is 26.2 Å². The zero-order valence-corrected chi connectivity index (χ0v) is 9.09. The van der Waals surface area contributed by atoms with Crippen molar-refractivity contribution in [3.63, 3.8) is 0 Å². The molecule has 0 bridgehead atoms. The molecule has 0 aromatic rings. The topological polar surface area (TPSA) is 20.2 Å². The van der Waals surface area contributed by atoms with Gasteiger partial charge in [0, 0.05) is 6.42 Å². The Hall–Kier alpha value is -0.540. The molecule has 0 spiro atoms. The van der Waals surface area contributed by atoms with Gasteiger partial charge in [-0.3, -0.25) is 0 Å². The van der Waals surface area contributed by atoms with E-state index in [4.69, 9.17) is 5.11 Å². The molecule has 1 unspecified atom stereocenters. The van der Waals surface area contributed by atoms with E-state index in [9.17, 15) is 22.0 Å². The Balaban J connectivity index is 5.03. The van der Waals surface area contributed by atoms with Gasteiger partial charge in [-0.15, -0.1) is 0 Å². The largest absolute Gasteiger partial charge is 0.436 e. The van der Waals surface area contributed by atoms with Gasteiger partial charge in [0.2, 0.25) is 0 Å². The van der Waals surface area contributed by atoms with Crippen molar-refractivity contribution in [3.05, 3.63) is 0 Å². The second-order valence-electron chi connectivity index (χ2n) is 3.11. The summed E-state index contributed by atoms with van der Waals surface area (Å²) in [5, 5.41) is 3.92. The average molecular weight is 265 g/mol. The highest BCUT2D eigenvalue weighted by atomic mass is 35.5. The van der Waals surface area contributed by atoms with Gasteiger partial charge >= 0.3 is 17.2 Å². The molecule has 16 heavy (non-hydrogen) atoms. The fourth-order valence-electron chi connectivity index (χ4n) is 0.758. The average Bonchev–Trinajstić information content (AvgIpc) is 2.08. The Labute approximate surface area is 94.6 Å². The molecule has 0 rings (SSSR count). The van der Waals surface area contributed by atoms with Crippen molar-refractivity contribution >= 4 is 11.6 Å². The van der Waals surface area contributed by atoms with E-state index in [0.717, 1.165) is 5.92 Å². The van der Waals surface area contributed by atoms with Crippen molar-refractivity contribution < 1.29 is 27.1 Å². The summed E-state index contributed by atoms with van der Waals surface area (Å²) < 4.78 is 61.5. The number of aliphatic hydroxyl groups is 1. The van der Waals surface area contributed by atoms with E-state index in [-0.39, 0.29) is 6.42 Å². The van der Waals surface area contributed by atoms with Gasteiger partial charge in [-0.1, -0.05) is 25.2 Å². The lowest BCUT2D eigenvalue weighted by atomic mass is 10.0. The first-order valence-electron chi connectivity index (χ1n) is 4.42. The summed E-state index contributed by atoms with van der Waals surface area (Å²) in [7, 11) is 0. The van der Waals surface area contributed by atoms with Crippen LogP contribution >= 0.6 is 11.6 Å². The van der Waals surface area contributed by atoms with Gasteiger partial charge in [-0.25, -0.2) is 0 Å². The predicted molar refractivity (Wildman–Crippen MR) is 49.1 cm³/mol. The van der Waals surface area contributed by atoms with E-state index < -0.39 is 17.2 Å². The minimum atomic E-state index is -5.61. The summed E-state index contributed by atoms with van der Waals surface area (Å²) in [5.74, 6) is 2.96. The maximum atomic E-state index is 12.5. The lowest BCUT2D eigenvalue weighted by Gasteiger charge is -2.28. The highest BCUT2D eigenvalue weighted by molar-refractivity contribution is 6.22. The molecule has 0 amide bonds. The SMILES string of the molecule is CCCCC#CC(O)(C(F)(F)F)C(F)(F)Cl. The van der Waals surface area contributed by atoms with Gasteiger partial charge in [0.05, 0.1) is 0 Å². The highest BCUT2D eigenvalue weighted by Crippen LogP contribution is 2.44. The lowest BCUT2D eigenvalue weighted by molar-refractivity contribution is -0.283. The molecule has 0 aromatic carbocycles. The molecule has 0 fully saturated rings. The van der Waals surface area contributed by atoms with Crippen LogP contribution in [0, 0.1) is 11.8 Å². The standard InChI is InChI=1S/C9H10ClF5O/c1-2-3-4-5-6-7(16,8(10,11)12)9(13,14)15/h16H,2-4H2,1H3. The fraction of sp³-hybridized carbons (Fsp3) is 0.778. The second-order valence-corrected chi connectivity index (χ2v) is 3.59. The molecule has 0 aliphatic rings. The minimum absolute atomic E-state index is 0.0120. The molecule has 0 radical (unpaired) electrons. The van der Waals surface area contributed by atoms with E-state index in [2.05, 4.69) is 11.6 Å². The van der Waals surface area contributed by atoms with Gasteiger partial charge in [0.1, 0.15) is 0 Å². The number of rotatable bonds is 3. The molecule has 1 N–H and O–H groups in total. The molecular formula is C9H10ClF5O. The number of hydrogen-bond acceptors (Lipinski definition) is 1. The van der Waals surface area contributed by atoms with Gasteiger partial charge in [-0.2, -0.15) is 22.0 Å². The molecule has 7 heteroatoms. The number of alkyl halides is 6. The van der Waals surface area contributed by atoms with Gasteiger partial charge in [-0.05, 0) is 18.0 Å². The van der Waals surface area contributed by atoms with Crippen molar-refractivity contribution in [1.82, 2.24) is 0 Å². The van der Waals surface area contributed by atoms with Crippen molar-refractivity contribution in [3.8, 4) is 11.8 Å². The highest BCUT2D eigenvalue weighted by Gasteiger charge is 2.68. The monoisotopic (exact) mass is 264 g/mol. The summed E-state index contributed by atoms with van der Waals surface area (Å²) in [6.07, 6.45) is -4.52. The number of unbranched alkanes of at least 4 members (excludes halogenated alkanes) is 2. The Bertz CT molecular complexity index is 269. The molecule has 0 heterocycles. The Morgan fingerprint density at radius 1 is 1.19 bits per heavy atom. The van der Waals surface area contributed by atoms with Crippen molar-refractivity contribution in [2.24, 2.45) is 0 Å². The third kappa shape index (κ3) is 3.49. The maximum Gasteiger partial charge on any atom is 0.436 e. The van der Waals surface area contributed by atoms with Crippen LogP contribution in [0.25, 0.3) is 0 Å². The maximum absolute atomic E-state index is 12.5. The van der Waals surface area contributed by atoms with E-state index in [1.807, 2.05) is 5.92 Å². The first-order valence-corrected chi connectivity index (χ1v) is 4.80. The molecule has 0 aromatic heterocycles. The summed E-state index contributed by atoms with van der Waals surface area (Å²) in [6.45, 7) is 1.76. The molecule has 94 valence electrons. The molecule has 0 aliphatic heterocycles. The molecule has 1 atom stereocenters. The van der Waals surface area contributed by atoms with Crippen LogP contribution in [-0.4, -0.2) is 22.3 Å². The van der Waals surface area contributed by atoms with Crippen LogP contribution in [0.4, 0.5) is 22.0 Å². The van der Waals surface area contributed by atoms with E-state index in [0.29, 0.717) is 12.8 Å². The fourth-order valence-corrected chi connectivity index (χ4v) is 0.912. The first-order chi connectivity index (χ1) is 7.06. The third-order valence-electron chi connectivity index (χ3n) is 1.75. The van der Waals surface area contributed by atoms with Gasteiger partial charge in [0.15, 0.2) is 0 Å². The molecular weight excluding hydrogens is 255 g/mol. The zero-order valence-electron chi connectivity index (χ0n) is 8.34. The Morgan fingerprint density at radius 3 is 2.00 bits per heavy atom. The van der Waals surface area contributed by atoms with Gasteiger partial charge in [0.25, 0.3) is 0 Å². The summed E-state index contributed by atoms with van der Waals surface area (Å²) in [4.78, 5) is 0. The molecule has 0 saturated heterocycles. The van der Waals surface area contributed by atoms with Crippen molar-refractivity contribution in [1.29, 1.82) is 0 Å². The van der Waals surface area contributed by atoms with Gasteiger partial charge < -0.3 is 5.11 Å². The van der Waals surface area contributed by atoms with E-state index in [1.54, 1.807) is 6.92 Å². The Morgan fingerprint density at radius 2 is 1.69 bits per heavy atom. The first kappa shape index (κ1) is 15.5. The summed E-state index contributed by atoms with van der Waals surface area (Å²) in [6, 6.07) is 0. The molecule has 1 nitrogen and oxygen atoms in total. The summed E-state index contributed by atoms with van der Waals surface area (Å²) >= 11 is 4.23. The van der Waals surface area contributed by atoms with Crippen molar-refractivity contribution in [2.75, 3.05) is 0 Å².